The van der Waals surface area contributed by atoms with Gasteiger partial charge < -0.3 is 14.5 Å². The van der Waals surface area contributed by atoms with Gasteiger partial charge in [0, 0.05) is 24.7 Å². The molecule has 2 aromatic carbocycles. The van der Waals surface area contributed by atoms with Crippen LogP contribution in [0.1, 0.15) is 62.1 Å². The van der Waals surface area contributed by atoms with Crippen LogP contribution in [0.25, 0.3) is 0 Å². The molecule has 2 fully saturated rings. The summed E-state index contributed by atoms with van der Waals surface area (Å²) < 4.78 is 5.16. The third kappa shape index (κ3) is 6.54. The number of hydrogen-bond acceptors (Lipinski definition) is 4. The summed E-state index contributed by atoms with van der Waals surface area (Å²) in [4.78, 5) is 42.3. The molecule has 0 N–H and O–H groups in total. The van der Waals surface area contributed by atoms with Crippen LogP contribution in [-0.4, -0.2) is 42.4 Å². The lowest BCUT2D eigenvalue weighted by Crippen LogP contribution is -2.43. The summed E-state index contributed by atoms with van der Waals surface area (Å²) in [5, 5.41) is 0. The van der Waals surface area contributed by atoms with Crippen LogP contribution < -0.4 is 4.90 Å². The van der Waals surface area contributed by atoms with Crippen molar-refractivity contribution in [2.24, 2.45) is 11.8 Å². The largest absolute Gasteiger partial charge is 0.466 e. The maximum atomic E-state index is 13.5. The molecule has 0 bridgehead atoms. The molecule has 1 unspecified atom stereocenters. The van der Waals surface area contributed by atoms with E-state index in [2.05, 4.69) is 25.1 Å². The van der Waals surface area contributed by atoms with Crippen molar-refractivity contribution in [2.45, 2.75) is 65.3 Å². The molecule has 1 heterocycles. The van der Waals surface area contributed by atoms with Crippen molar-refractivity contribution in [3.63, 3.8) is 0 Å². The molecule has 1 aliphatic heterocycles. The van der Waals surface area contributed by atoms with E-state index in [-0.39, 0.29) is 36.0 Å². The van der Waals surface area contributed by atoms with Gasteiger partial charge in [-0.3, -0.25) is 14.4 Å². The smallest absolute Gasteiger partial charge is 0.310 e. The van der Waals surface area contributed by atoms with Crippen LogP contribution in [0.5, 0.6) is 0 Å². The second-order valence-electron chi connectivity index (χ2n) is 10.2. The molecule has 1 saturated carbocycles. The lowest BCUT2D eigenvalue weighted by atomic mass is 9.97. The van der Waals surface area contributed by atoms with Gasteiger partial charge >= 0.3 is 5.97 Å². The number of amides is 2. The molecular weight excluding hydrogens is 452 g/mol. The van der Waals surface area contributed by atoms with Gasteiger partial charge in [-0.2, -0.15) is 0 Å². The molecule has 0 aromatic heterocycles. The van der Waals surface area contributed by atoms with Crippen LogP contribution >= 0.6 is 0 Å². The zero-order valence-electron chi connectivity index (χ0n) is 21.6. The van der Waals surface area contributed by atoms with Gasteiger partial charge in [-0.1, -0.05) is 54.8 Å². The normalized spacial score (nSPS) is 18.2. The van der Waals surface area contributed by atoms with Gasteiger partial charge in [0.1, 0.15) is 0 Å². The fraction of sp³-hybridized carbons (Fsp3) is 0.500. The number of carbonyl (C=O) groups excluding carboxylic acids is 3. The zero-order chi connectivity index (χ0) is 25.5. The minimum atomic E-state index is -0.234. The molecular formula is C30H38N2O4. The summed E-state index contributed by atoms with van der Waals surface area (Å²) in [6.07, 6.45) is 6.00. The molecule has 1 saturated heterocycles. The Bertz CT molecular complexity index is 1060. The van der Waals surface area contributed by atoms with E-state index >= 15 is 0 Å². The summed E-state index contributed by atoms with van der Waals surface area (Å²) >= 11 is 0. The second-order valence-corrected chi connectivity index (χ2v) is 10.2. The summed E-state index contributed by atoms with van der Waals surface area (Å²) in [6.45, 7) is 5.87. The zero-order valence-corrected chi connectivity index (χ0v) is 21.6. The van der Waals surface area contributed by atoms with Crippen LogP contribution in [0, 0.1) is 18.8 Å². The molecule has 6 nitrogen and oxygen atoms in total. The average Bonchev–Trinajstić information content (AvgIpc) is 3.43. The molecule has 36 heavy (non-hydrogen) atoms. The Morgan fingerprint density at radius 2 is 1.67 bits per heavy atom. The molecule has 4 rings (SSSR count). The van der Waals surface area contributed by atoms with Crippen LogP contribution in [-0.2, 0) is 32.1 Å². The van der Waals surface area contributed by atoms with Gasteiger partial charge in [-0.05, 0) is 62.8 Å². The molecule has 1 aliphatic carbocycles. The van der Waals surface area contributed by atoms with Crippen molar-refractivity contribution in [3.05, 3.63) is 65.2 Å². The van der Waals surface area contributed by atoms with Gasteiger partial charge in [0.15, 0.2) is 0 Å². The molecule has 2 aromatic rings. The molecule has 0 spiro atoms. The van der Waals surface area contributed by atoms with Gasteiger partial charge in [0.05, 0.1) is 25.5 Å². The first-order chi connectivity index (χ1) is 17.4. The molecule has 6 heteroatoms. The second kappa shape index (κ2) is 12.2. The van der Waals surface area contributed by atoms with Crippen molar-refractivity contribution < 1.29 is 19.1 Å². The predicted octanol–water partition coefficient (Wildman–Crippen LogP) is 5.06. The van der Waals surface area contributed by atoms with Crippen LogP contribution in [0.4, 0.5) is 5.69 Å². The highest BCUT2D eigenvalue weighted by molar-refractivity contribution is 5.95. The highest BCUT2D eigenvalue weighted by Crippen LogP contribution is 2.30. The Balaban J connectivity index is 1.44. The summed E-state index contributed by atoms with van der Waals surface area (Å²) in [6, 6.07) is 16.1. The Morgan fingerprint density at radius 1 is 0.944 bits per heavy atom. The maximum absolute atomic E-state index is 13.5. The van der Waals surface area contributed by atoms with Gasteiger partial charge in [-0.25, -0.2) is 0 Å². The minimum absolute atomic E-state index is 0.0235. The third-order valence-corrected chi connectivity index (χ3v) is 7.39. The maximum Gasteiger partial charge on any atom is 0.310 e. The van der Waals surface area contributed by atoms with Crippen LogP contribution in [0.2, 0.25) is 0 Å². The first kappa shape index (κ1) is 25.9. The number of likely N-dealkylation sites (tertiary alicyclic amines) is 1. The standard InChI is InChI=1S/C30H38N2O4/c1-3-36-30(35)26-12-7-17-31(21-26)28(33)19-23-13-15-27(16-14-23)32(29(34)25-10-4-5-11-25)20-24-9-6-8-22(2)18-24/h6,8-9,13-16,18,25-26H,3-5,7,10-12,17,19-21H2,1-2H3. The van der Waals surface area contributed by atoms with Crippen molar-refractivity contribution in [2.75, 3.05) is 24.6 Å². The first-order valence-corrected chi connectivity index (χ1v) is 13.3. The molecule has 1 atom stereocenters. The molecule has 0 radical (unpaired) electrons. The fourth-order valence-electron chi connectivity index (χ4n) is 5.42. The number of nitrogens with zero attached hydrogens (tertiary/aromatic N) is 2. The minimum Gasteiger partial charge on any atom is -0.466 e. The quantitative estimate of drug-likeness (QED) is 0.485. The predicted molar refractivity (Wildman–Crippen MR) is 140 cm³/mol. The summed E-state index contributed by atoms with van der Waals surface area (Å²) in [5.41, 5.74) is 4.06. The highest BCUT2D eigenvalue weighted by Gasteiger charge is 2.30. The van der Waals surface area contributed by atoms with Crippen LogP contribution in [0.3, 0.4) is 0 Å². The lowest BCUT2D eigenvalue weighted by Gasteiger charge is -2.31. The Kier molecular flexibility index (Phi) is 8.79. The van der Waals surface area contributed by atoms with Crippen LogP contribution in [0.15, 0.2) is 48.5 Å². The van der Waals surface area contributed by atoms with E-state index < -0.39 is 0 Å². The molecule has 2 aliphatic rings. The van der Waals surface area contributed by atoms with E-state index in [1.807, 2.05) is 35.2 Å². The number of benzene rings is 2. The Morgan fingerprint density at radius 3 is 2.36 bits per heavy atom. The topological polar surface area (TPSA) is 66.9 Å². The van der Waals surface area contributed by atoms with Crippen molar-refractivity contribution >= 4 is 23.5 Å². The highest BCUT2D eigenvalue weighted by atomic mass is 16.5. The van der Waals surface area contributed by atoms with Gasteiger partial charge in [-0.15, -0.1) is 0 Å². The third-order valence-electron chi connectivity index (χ3n) is 7.39. The molecule has 2 amide bonds. The van der Waals surface area contributed by atoms with E-state index in [1.165, 1.54) is 5.56 Å². The fourth-order valence-corrected chi connectivity index (χ4v) is 5.42. The van der Waals surface area contributed by atoms with Gasteiger partial charge in [0.25, 0.3) is 0 Å². The van der Waals surface area contributed by atoms with Gasteiger partial charge in [0.2, 0.25) is 11.8 Å². The number of hydrogen-bond donors (Lipinski definition) is 0. The Labute approximate surface area is 214 Å². The number of piperidine rings is 1. The van der Waals surface area contributed by atoms with Crippen molar-refractivity contribution in [1.29, 1.82) is 0 Å². The number of anilines is 1. The van der Waals surface area contributed by atoms with E-state index in [0.717, 1.165) is 55.3 Å². The van der Waals surface area contributed by atoms with E-state index in [4.69, 9.17) is 4.74 Å². The van der Waals surface area contributed by atoms with Crippen molar-refractivity contribution in [1.82, 2.24) is 4.90 Å². The van der Waals surface area contributed by atoms with E-state index in [9.17, 15) is 14.4 Å². The van der Waals surface area contributed by atoms with E-state index in [0.29, 0.717) is 26.2 Å². The summed E-state index contributed by atoms with van der Waals surface area (Å²) in [5.74, 6) is -0.143. The number of rotatable bonds is 8. The monoisotopic (exact) mass is 490 g/mol. The number of esters is 1. The van der Waals surface area contributed by atoms with E-state index in [1.54, 1.807) is 11.8 Å². The number of aryl methyl sites for hydroxylation is 1. The van der Waals surface area contributed by atoms with Crippen molar-refractivity contribution in [3.8, 4) is 0 Å². The molecule has 192 valence electrons. The average molecular weight is 491 g/mol. The number of ether oxygens (including phenoxy) is 1. The number of carbonyl (C=O) groups is 3. The first-order valence-electron chi connectivity index (χ1n) is 13.3. The SMILES string of the molecule is CCOC(=O)C1CCCN(C(=O)Cc2ccc(N(Cc3cccc(C)c3)C(=O)C3CCCC3)cc2)C1. The Hall–Kier alpha value is -3.15. The lowest BCUT2D eigenvalue weighted by molar-refractivity contribution is -0.151. The summed E-state index contributed by atoms with van der Waals surface area (Å²) in [7, 11) is 0.